The summed E-state index contributed by atoms with van der Waals surface area (Å²) in [6.45, 7) is 6.67. The zero-order chi connectivity index (χ0) is 15.1. The summed E-state index contributed by atoms with van der Waals surface area (Å²) in [5.74, 6) is 0. The van der Waals surface area contributed by atoms with Crippen LogP contribution in [0, 0.1) is 0 Å². The van der Waals surface area contributed by atoms with Crippen LogP contribution in [0.25, 0.3) is 0 Å². The van der Waals surface area contributed by atoms with Gasteiger partial charge >= 0.3 is 0 Å². The Bertz CT molecular complexity index is 419. The van der Waals surface area contributed by atoms with Crippen LogP contribution in [-0.2, 0) is 9.47 Å². The van der Waals surface area contributed by atoms with Crippen molar-refractivity contribution in [1.29, 1.82) is 0 Å². The highest BCUT2D eigenvalue weighted by Crippen LogP contribution is 2.26. The van der Waals surface area contributed by atoms with E-state index in [1.54, 1.807) is 0 Å². The minimum atomic E-state index is 0.0495. The fourth-order valence-electron chi connectivity index (χ4n) is 2.50. The highest BCUT2D eigenvalue weighted by atomic mass is 79.9. The van der Waals surface area contributed by atoms with E-state index in [4.69, 9.17) is 9.47 Å². The molecule has 2 atom stereocenters. The maximum atomic E-state index is 6.18. The number of nitrogens with one attached hydrogen (secondary N) is 1. The summed E-state index contributed by atoms with van der Waals surface area (Å²) in [7, 11) is 0. The molecule has 1 aliphatic rings. The van der Waals surface area contributed by atoms with Crippen LogP contribution in [0.4, 0.5) is 0 Å². The van der Waals surface area contributed by atoms with Gasteiger partial charge in [0, 0.05) is 23.7 Å². The Kier molecular flexibility index (Phi) is 7.17. The summed E-state index contributed by atoms with van der Waals surface area (Å²) in [5, 5.41) is 3.47. The van der Waals surface area contributed by atoms with Crippen LogP contribution in [0.2, 0.25) is 0 Å². The molecule has 21 heavy (non-hydrogen) atoms. The molecule has 1 aromatic carbocycles. The predicted molar refractivity (Wildman–Crippen MR) is 89.6 cm³/mol. The van der Waals surface area contributed by atoms with Gasteiger partial charge in [0.05, 0.1) is 18.8 Å². The van der Waals surface area contributed by atoms with Crippen molar-refractivity contribution >= 4 is 15.9 Å². The molecule has 1 fully saturated rings. The van der Waals surface area contributed by atoms with Crippen molar-refractivity contribution in [3.05, 3.63) is 34.3 Å². The van der Waals surface area contributed by atoms with Crippen LogP contribution in [0.1, 0.15) is 44.8 Å². The molecule has 0 amide bonds. The van der Waals surface area contributed by atoms with Crippen molar-refractivity contribution in [2.45, 2.75) is 51.4 Å². The first-order valence-electron chi connectivity index (χ1n) is 7.88. The van der Waals surface area contributed by atoms with Crippen LogP contribution >= 0.6 is 15.9 Å². The second kappa shape index (κ2) is 8.89. The Morgan fingerprint density at radius 2 is 2.14 bits per heavy atom. The van der Waals surface area contributed by atoms with Crippen LogP contribution in [-0.4, -0.2) is 31.9 Å². The van der Waals surface area contributed by atoms with E-state index in [2.05, 4.69) is 53.3 Å². The maximum absolute atomic E-state index is 6.18. The Hall–Kier alpha value is -0.420. The summed E-state index contributed by atoms with van der Waals surface area (Å²) in [6.07, 6.45) is 3.84. The van der Waals surface area contributed by atoms with Crippen LogP contribution < -0.4 is 5.32 Å². The summed E-state index contributed by atoms with van der Waals surface area (Å²) in [5.41, 5.74) is 1.20. The van der Waals surface area contributed by atoms with E-state index < -0.39 is 0 Å². The third-order valence-corrected chi connectivity index (χ3v) is 4.44. The van der Waals surface area contributed by atoms with E-state index in [9.17, 15) is 0 Å². The van der Waals surface area contributed by atoms with Gasteiger partial charge in [-0.3, -0.25) is 0 Å². The van der Waals surface area contributed by atoms with Gasteiger partial charge in [0.15, 0.2) is 0 Å². The quantitative estimate of drug-likeness (QED) is 0.799. The summed E-state index contributed by atoms with van der Waals surface area (Å²) < 4.78 is 13.0. The Labute approximate surface area is 136 Å². The van der Waals surface area contributed by atoms with Gasteiger partial charge in [-0.2, -0.15) is 0 Å². The highest BCUT2D eigenvalue weighted by molar-refractivity contribution is 9.10. The van der Waals surface area contributed by atoms with E-state index in [0.29, 0.717) is 12.6 Å². The van der Waals surface area contributed by atoms with Crippen LogP contribution in [0.5, 0.6) is 0 Å². The smallest absolute Gasteiger partial charge is 0.0961 e. The minimum absolute atomic E-state index is 0.0495. The van der Waals surface area contributed by atoms with Crippen molar-refractivity contribution in [3.63, 3.8) is 0 Å². The van der Waals surface area contributed by atoms with Gasteiger partial charge in [0.25, 0.3) is 0 Å². The number of halogens is 1. The SMILES string of the molecule is CC(C)NCC(OCC1CCCCO1)c1ccccc1Br. The Morgan fingerprint density at radius 3 is 2.81 bits per heavy atom. The molecule has 2 rings (SSSR count). The fourth-order valence-corrected chi connectivity index (χ4v) is 3.04. The Balaban J connectivity index is 1.96. The number of hydrogen-bond acceptors (Lipinski definition) is 3. The van der Waals surface area contributed by atoms with E-state index in [0.717, 1.165) is 24.0 Å². The summed E-state index contributed by atoms with van der Waals surface area (Å²) >= 11 is 3.63. The first kappa shape index (κ1) is 16.9. The molecule has 1 aromatic rings. The van der Waals surface area contributed by atoms with Crippen molar-refractivity contribution < 1.29 is 9.47 Å². The molecule has 0 aliphatic carbocycles. The lowest BCUT2D eigenvalue weighted by Crippen LogP contribution is -2.32. The monoisotopic (exact) mass is 355 g/mol. The first-order chi connectivity index (χ1) is 10.2. The topological polar surface area (TPSA) is 30.5 Å². The van der Waals surface area contributed by atoms with Crippen LogP contribution in [0.3, 0.4) is 0 Å². The van der Waals surface area contributed by atoms with Gasteiger partial charge in [-0.05, 0) is 30.9 Å². The number of hydrogen-bond donors (Lipinski definition) is 1. The lowest BCUT2D eigenvalue weighted by molar-refractivity contribution is -0.0637. The Morgan fingerprint density at radius 1 is 1.33 bits per heavy atom. The van der Waals surface area contributed by atoms with E-state index >= 15 is 0 Å². The normalized spacial score (nSPS) is 20.7. The molecular weight excluding hydrogens is 330 g/mol. The van der Waals surface area contributed by atoms with Crippen molar-refractivity contribution in [2.75, 3.05) is 19.8 Å². The second-order valence-electron chi connectivity index (χ2n) is 5.90. The molecule has 0 saturated carbocycles. The van der Waals surface area contributed by atoms with Gasteiger partial charge < -0.3 is 14.8 Å². The standard InChI is InChI=1S/C17H26BrNO2/c1-13(2)19-11-17(15-8-3-4-9-16(15)18)21-12-14-7-5-6-10-20-14/h3-4,8-9,13-14,17,19H,5-7,10-12H2,1-2H3. The highest BCUT2D eigenvalue weighted by Gasteiger charge is 2.19. The van der Waals surface area contributed by atoms with Crippen molar-refractivity contribution in [2.24, 2.45) is 0 Å². The minimum Gasteiger partial charge on any atom is -0.376 e. The second-order valence-corrected chi connectivity index (χ2v) is 6.75. The molecule has 1 N–H and O–H groups in total. The number of rotatable bonds is 7. The lowest BCUT2D eigenvalue weighted by Gasteiger charge is -2.27. The van der Waals surface area contributed by atoms with Crippen LogP contribution in [0.15, 0.2) is 28.7 Å². The van der Waals surface area contributed by atoms with E-state index in [-0.39, 0.29) is 12.2 Å². The molecule has 0 radical (unpaired) electrons. The largest absolute Gasteiger partial charge is 0.376 e. The molecule has 0 aromatic heterocycles. The first-order valence-corrected chi connectivity index (χ1v) is 8.67. The molecule has 4 heteroatoms. The van der Waals surface area contributed by atoms with Gasteiger partial charge in [-0.15, -0.1) is 0 Å². The molecule has 118 valence electrons. The molecular formula is C17H26BrNO2. The summed E-state index contributed by atoms with van der Waals surface area (Å²) in [4.78, 5) is 0. The number of benzene rings is 1. The average Bonchev–Trinajstić information content (AvgIpc) is 2.49. The van der Waals surface area contributed by atoms with Gasteiger partial charge in [-0.1, -0.05) is 48.0 Å². The molecule has 1 aliphatic heterocycles. The average molecular weight is 356 g/mol. The molecule has 0 bridgehead atoms. The number of ether oxygens (including phenoxy) is 2. The zero-order valence-electron chi connectivity index (χ0n) is 13.0. The molecule has 3 nitrogen and oxygen atoms in total. The van der Waals surface area contributed by atoms with Crippen molar-refractivity contribution in [1.82, 2.24) is 5.32 Å². The molecule has 0 spiro atoms. The predicted octanol–water partition coefficient (Wildman–Crippen LogP) is 4.07. The third-order valence-electron chi connectivity index (χ3n) is 3.72. The molecule has 2 unspecified atom stereocenters. The fraction of sp³-hybridized carbons (Fsp3) is 0.647. The maximum Gasteiger partial charge on any atom is 0.0961 e. The lowest BCUT2D eigenvalue weighted by atomic mass is 10.1. The van der Waals surface area contributed by atoms with Gasteiger partial charge in [0.2, 0.25) is 0 Å². The summed E-state index contributed by atoms with van der Waals surface area (Å²) in [6, 6.07) is 8.73. The molecule has 1 saturated heterocycles. The van der Waals surface area contributed by atoms with Gasteiger partial charge in [-0.25, -0.2) is 0 Å². The molecule has 1 heterocycles. The van der Waals surface area contributed by atoms with E-state index in [1.165, 1.54) is 18.4 Å². The van der Waals surface area contributed by atoms with E-state index in [1.807, 2.05) is 6.07 Å². The zero-order valence-corrected chi connectivity index (χ0v) is 14.6. The van der Waals surface area contributed by atoms with Crippen molar-refractivity contribution in [3.8, 4) is 0 Å². The third kappa shape index (κ3) is 5.70. The van der Waals surface area contributed by atoms with Gasteiger partial charge in [0.1, 0.15) is 0 Å².